The molecule has 9 heavy (non-hydrogen) atoms. The fourth-order valence-electron chi connectivity index (χ4n) is 0.904. The Morgan fingerprint density at radius 1 is 1.22 bits per heavy atom. The monoisotopic (exact) mass is 233 g/mol. The number of nitrogens with one attached hydrogen (secondary N) is 1. The second-order valence-corrected chi connectivity index (χ2v) is 2.16. The van der Waals surface area contributed by atoms with Crippen LogP contribution < -0.4 is 5.32 Å². The van der Waals surface area contributed by atoms with Gasteiger partial charge in [0.1, 0.15) is 0 Å². The second kappa shape index (κ2) is 5.09. The van der Waals surface area contributed by atoms with Gasteiger partial charge in [-0.2, -0.15) is 0 Å². The van der Waals surface area contributed by atoms with Crippen LogP contribution in [0.5, 0.6) is 0 Å². The van der Waals surface area contributed by atoms with Crippen LogP contribution >= 0.6 is 0 Å². The molecule has 0 aliphatic carbocycles. The van der Waals surface area contributed by atoms with Gasteiger partial charge >= 0.3 is 0 Å². The molecule has 0 spiro atoms. The summed E-state index contributed by atoms with van der Waals surface area (Å²) in [7, 11) is 0. The number of rotatable bonds is 0. The Labute approximate surface area is 72.3 Å². The molecule has 0 unspecified atom stereocenters. The average molecular weight is 232 g/mol. The van der Waals surface area contributed by atoms with E-state index < -0.39 is 0 Å². The van der Waals surface area contributed by atoms with Gasteiger partial charge in [-0.1, -0.05) is 6.42 Å². The summed E-state index contributed by atoms with van der Waals surface area (Å²) in [6.45, 7) is 0.888. The Hall–Kier alpha value is 0.269. The van der Waals surface area contributed by atoms with E-state index in [0.29, 0.717) is 0 Å². The predicted molar refractivity (Wildman–Crippen MR) is 37.2 cm³/mol. The minimum Gasteiger partial charge on any atom is -0.356 e. The van der Waals surface area contributed by atoms with Crippen molar-refractivity contribution >= 4 is 29.8 Å². The zero-order chi connectivity index (χ0) is 5.82. The van der Waals surface area contributed by atoms with E-state index in [1.54, 1.807) is 0 Å². The van der Waals surface area contributed by atoms with Crippen LogP contribution in [0.15, 0.2) is 0 Å². The zero-order valence-electron chi connectivity index (χ0n) is 5.44. The normalized spacial score (nSPS) is 19.3. The van der Waals surface area contributed by atoms with Crippen molar-refractivity contribution in [3.63, 3.8) is 0 Å². The van der Waals surface area contributed by atoms with E-state index in [2.05, 4.69) is 5.32 Å². The fourth-order valence-corrected chi connectivity index (χ4v) is 0.904. The van der Waals surface area contributed by atoms with Gasteiger partial charge in [0.25, 0.3) is 0 Å². The number of hydrogen-bond donors (Lipinski definition) is 1. The minimum atomic E-state index is 0. The molecule has 1 N–H and O–H groups in total. The van der Waals surface area contributed by atoms with Crippen LogP contribution in [0, 0.1) is 0 Å². The average Bonchev–Trinajstić information content (AvgIpc) is 1.94. The van der Waals surface area contributed by atoms with Crippen LogP contribution in [-0.2, 0) is 4.79 Å². The zero-order valence-corrected chi connectivity index (χ0v) is 8.30. The third-order valence-electron chi connectivity index (χ3n) is 1.40. The summed E-state index contributed by atoms with van der Waals surface area (Å²) in [5.41, 5.74) is 0. The number of hydrogen-bond acceptors (Lipinski definition) is 1. The van der Waals surface area contributed by atoms with Gasteiger partial charge in [0, 0.05) is 36.9 Å². The molecular formula is C6H11NOSn. The quantitative estimate of drug-likeness (QED) is 0.597. The first kappa shape index (κ1) is 9.27. The molecule has 1 heterocycles. The SMILES string of the molecule is O=C1CCCCCN1.[Sn]. The van der Waals surface area contributed by atoms with Crippen molar-refractivity contribution in [2.24, 2.45) is 0 Å². The predicted octanol–water partition coefficient (Wildman–Crippen LogP) is 0.296. The van der Waals surface area contributed by atoms with Gasteiger partial charge in [0.2, 0.25) is 5.91 Å². The first-order chi connectivity index (χ1) is 3.89. The van der Waals surface area contributed by atoms with Crippen molar-refractivity contribution in [1.82, 2.24) is 5.32 Å². The van der Waals surface area contributed by atoms with Crippen molar-refractivity contribution in [3.05, 3.63) is 0 Å². The van der Waals surface area contributed by atoms with Crippen molar-refractivity contribution in [1.29, 1.82) is 0 Å². The van der Waals surface area contributed by atoms with Crippen LogP contribution in [0.2, 0.25) is 0 Å². The minimum absolute atomic E-state index is 0. The van der Waals surface area contributed by atoms with Crippen molar-refractivity contribution in [2.75, 3.05) is 6.54 Å². The Morgan fingerprint density at radius 3 is 2.78 bits per heavy atom. The molecule has 0 aromatic heterocycles. The standard InChI is InChI=1S/C6H11NO.Sn/c8-6-4-2-1-3-5-7-6;/h1-5H2,(H,7,8);. The molecule has 3 heteroatoms. The Kier molecular flexibility index (Phi) is 5.24. The summed E-state index contributed by atoms with van der Waals surface area (Å²) in [4.78, 5) is 10.6. The molecule has 1 amide bonds. The number of carbonyl (C=O) groups excluding carboxylic acids is 1. The summed E-state index contributed by atoms with van der Waals surface area (Å²) < 4.78 is 0. The third-order valence-corrected chi connectivity index (χ3v) is 1.40. The van der Waals surface area contributed by atoms with Gasteiger partial charge in [-0.25, -0.2) is 0 Å². The van der Waals surface area contributed by atoms with E-state index in [9.17, 15) is 4.79 Å². The van der Waals surface area contributed by atoms with E-state index in [4.69, 9.17) is 0 Å². The summed E-state index contributed by atoms with van der Waals surface area (Å²) in [6, 6.07) is 0. The van der Waals surface area contributed by atoms with E-state index in [0.717, 1.165) is 25.8 Å². The van der Waals surface area contributed by atoms with Crippen LogP contribution in [0.4, 0.5) is 0 Å². The maximum Gasteiger partial charge on any atom is 0.219 e. The van der Waals surface area contributed by atoms with Gasteiger partial charge in [-0.15, -0.1) is 0 Å². The summed E-state index contributed by atoms with van der Waals surface area (Å²) in [6.07, 6.45) is 4.18. The largest absolute Gasteiger partial charge is 0.356 e. The number of amides is 1. The van der Waals surface area contributed by atoms with Gasteiger partial charge < -0.3 is 5.32 Å². The van der Waals surface area contributed by atoms with Crippen molar-refractivity contribution in [2.45, 2.75) is 25.7 Å². The van der Waals surface area contributed by atoms with Crippen molar-refractivity contribution in [3.8, 4) is 0 Å². The van der Waals surface area contributed by atoms with Gasteiger partial charge in [-0.3, -0.25) is 4.79 Å². The first-order valence-corrected chi connectivity index (χ1v) is 3.16. The Balaban J connectivity index is 0.000000640. The molecule has 0 atom stereocenters. The maximum absolute atomic E-state index is 10.6. The molecule has 0 aromatic rings. The topological polar surface area (TPSA) is 29.1 Å². The van der Waals surface area contributed by atoms with E-state index in [1.165, 1.54) is 6.42 Å². The molecule has 1 aliphatic heterocycles. The number of carbonyl (C=O) groups is 1. The molecule has 1 saturated heterocycles. The van der Waals surface area contributed by atoms with Crippen LogP contribution in [0.25, 0.3) is 0 Å². The molecule has 1 fully saturated rings. The smallest absolute Gasteiger partial charge is 0.219 e. The molecule has 0 bridgehead atoms. The summed E-state index contributed by atoms with van der Waals surface area (Å²) in [5, 5.41) is 2.81. The molecular weight excluding hydrogens is 221 g/mol. The van der Waals surface area contributed by atoms with E-state index in [1.807, 2.05) is 0 Å². The summed E-state index contributed by atoms with van der Waals surface area (Å²) in [5.74, 6) is 0.225. The van der Waals surface area contributed by atoms with Crippen LogP contribution in [0.3, 0.4) is 0 Å². The fraction of sp³-hybridized carbons (Fsp3) is 0.833. The molecule has 1 aliphatic rings. The summed E-state index contributed by atoms with van der Waals surface area (Å²) >= 11 is 0. The van der Waals surface area contributed by atoms with Gasteiger partial charge in [0.05, 0.1) is 0 Å². The third kappa shape index (κ3) is 3.78. The molecule has 2 nitrogen and oxygen atoms in total. The molecule has 0 saturated carbocycles. The second-order valence-electron chi connectivity index (χ2n) is 2.16. The van der Waals surface area contributed by atoms with E-state index >= 15 is 0 Å². The van der Waals surface area contributed by atoms with E-state index in [-0.39, 0.29) is 29.8 Å². The van der Waals surface area contributed by atoms with Crippen molar-refractivity contribution < 1.29 is 4.79 Å². The van der Waals surface area contributed by atoms with Crippen LogP contribution in [-0.4, -0.2) is 36.4 Å². The Morgan fingerprint density at radius 2 is 2.00 bits per heavy atom. The molecule has 0 aromatic carbocycles. The first-order valence-electron chi connectivity index (χ1n) is 3.16. The Bertz CT molecular complexity index is 85.1. The molecule has 1 rings (SSSR count). The van der Waals surface area contributed by atoms with Gasteiger partial charge in [0.15, 0.2) is 0 Å². The van der Waals surface area contributed by atoms with Gasteiger partial charge in [-0.05, 0) is 12.8 Å². The maximum atomic E-state index is 10.6. The molecule has 4 radical (unpaired) electrons. The molecule has 50 valence electrons. The van der Waals surface area contributed by atoms with Crippen LogP contribution in [0.1, 0.15) is 25.7 Å².